The van der Waals surface area contributed by atoms with E-state index in [0.717, 1.165) is 56.1 Å². The predicted molar refractivity (Wildman–Crippen MR) is 90.8 cm³/mol. The standard InChI is InChI=1S/C17H23N7/c1-13-3-4-16-19-20-17(24(16)21-13)14-5-8-23(9-6-14)10-7-15-11-18-12-22(15)2/h3-4,11-12,14H,5-10H2,1-2H3. The number of hydrogen-bond donors (Lipinski definition) is 0. The maximum atomic E-state index is 4.58. The summed E-state index contributed by atoms with van der Waals surface area (Å²) in [6, 6.07) is 3.97. The number of likely N-dealkylation sites (tertiary alicyclic amines) is 1. The van der Waals surface area contributed by atoms with Crippen molar-refractivity contribution < 1.29 is 0 Å². The fourth-order valence-corrected chi connectivity index (χ4v) is 3.46. The molecule has 24 heavy (non-hydrogen) atoms. The van der Waals surface area contributed by atoms with Gasteiger partial charge in [0.15, 0.2) is 11.5 Å². The van der Waals surface area contributed by atoms with Crippen molar-refractivity contribution in [1.29, 1.82) is 0 Å². The van der Waals surface area contributed by atoms with Crippen LogP contribution in [0.25, 0.3) is 5.65 Å². The monoisotopic (exact) mass is 325 g/mol. The van der Waals surface area contributed by atoms with E-state index in [0.29, 0.717) is 5.92 Å². The van der Waals surface area contributed by atoms with Crippen LogP contribution in [-0.2, 0) is 13.5 Å². The van der Waals surface area contributed by atoms with Gasteiger partial charge >= 0.3 is 0 Å². The molecule has 1 aliphatic heterocycles. The molecule has 1 saturated heterocycles. The first-order chi connectivity index (χ1) is 11.7. The number of aryl methyl sites for hydroxylation is 2. The Labute approximate surface area is 141 Å². The van der Waals surface area contributed by atoms with Gasteiger partial charge in [0.1, 0.15) is 0 Å². The molecule has 7 heteroatoms. The molecule has 0 aromatic carbocycles. The Hall–Kier alpha value is -2.28. The first-order valence-corrected chi connectivity index (χ1v) is 8.57. The lowest BCUT2D eigenvalue weighted by atomic mass is 9.96. The lowest BCUT2D eigenvalue weighted by Gasteiger charge is -2.30. The zero-order valence-electron chi connectivity index (χ0n) is 14.3. The van der Waals surface area contributed by atoms with Crippen LogP contribution in [0.2, 0.25) is 0 Å². The molecule has 1 aliphatic rings. The molecule has 0 aliphatic carbocycles. The molecule has 3 aromatic rings. The van der Waals surface area contributed by atoms with Crippen molar-refractivity contribution in [1.82, 2.24) is 34.3 Å². The first kappa shape index (κ1) is 15.3. The first-order valence-electron chi connectivity index (χ1n) is 8.57. The fourth-order valence-electron chi connectivity index (χ4n) is 3.46. The van der Waals surface area contributed by atoms with Gasteiger partial charge in [-0.1, -0.05) is 0 Å². The third-order valence-electron chi connectivity index (χ3n) is 4.97. The van der Waals surface area contributed by atoms with E-state index in [1.54, 1.807) is 0 Å². The van der Waals surface area contributed by atoms with Crippen LogP contribution >= 0.6 is 0 Å². The SMILES string of the molecule is Cc1ccc2nnc(C3CCN(CCc4cncn4C)CC3)n2n1. The highest BCUT2D eigenvalue weighted by atomic mass is 15.4. The summed E-state index contributed by atoms with van der Waals surface area (Å²) >= 11 is 0. The lowest BCUT2D eigenvalue weighted by Crippen LogP contribution is -2.35. The smallest absolute Gasteiger partial charge is 0.177 e. The van der Waals surface area contributed by atoms with Gasteiger partial charge in [0.2, 0.25) is 0 Å². The maximum absolute atomic E-state index is 4.58. The lowest BCUT2D eigenvalue weighted by molar-refractivity contribution is 0.209. The molecule has 1 fully saturated rings. The van der Waals surface area contributed by atoms with Crippen molar-refractivity contribution in [2.75, 3.05) is 19.6 Å². The third kappa shape index (κ3) is 2.91. The van der Waals surface area contributed by atoms with Crippen LogP contribution in [0.15, 0.2) is 24.7 Å². The number of hydrogen-bond acceptors (Lipinski definition) is 5. The van der Waals surface area contributed by atoms with Crippen LogP contribution in [-0.4, -0.2) is 53.9 Å². The predicted octanol–water partition coefficient (Wildman–Crippen LogP) is 1.59. The maximum Gasteiger partial charge on any atom is 0.177 e. The Bertz CT molecular complexity index is 826. The summed E-state index contributed by atoms with van der Waals surface area (Å²) in [5.74, 6) is 1.46. The number of aromatic nitrogens is 6. The number of piperidine rings is 1. The summed E-state index contributed by atoms with van der Waals surface area (Å²) in [7, 11) is 2.06. The Balaban J connectivity index is 1.38. The van der Waals surface area contributed by atoms with Crippen molar-refractivity contribution in [3.63, 3.8) is 0 Å². The van der Waals surface area contributed by atoms with Gasteiger partial charge < -0.3 is 9.47 Å². The van der Waals surface area contributed by atoms with Crippen molar-refractivity contribution >= 4 is 5.65 Å². The summed E-state index contributed by atoms with van der Waals surface area (Å²) in [5, 5.41) is 13.2. The van der Waals surface area contributed by atoms with E-state index in [4.69, 9.17) is 0 Å². The van der Waals surface area contributed by atoms with Gasteiger partial charge in [-0.15, -0.1) is 10.2 Å². The molecular weight excluding hydrogens is 302 g/mol. The van der Waals surface area contributed by atoms with E-state index in [-0.39, 0.29) is 0 Å². The van der Waals surface area contributed by atoms with Gasteiger partial charge in [-0.3, -0.25) is 0 Å². The highest BCUT2D eigenvalue weighted by Gasteiger charge is 2.25. The number of imidazole rings is 1. The largest absolute Gasteiger partial charge is 0.338 e. The van der Waals surface area contributed by atoms with E-state index in [9.17, 15) is 0 Å². The molecule has 0 radical (unpaired) electrons. The molecule has 0 spiro atoms. The van der Waals surface area contributed by atoms with Crippen LogP contribution in [0.1, 0.15) is 36.0 Å². The van der Waals surface area contributed by atoms with Gasteiger partial charge in [0.05, 0.1) is 12.0 Å². The highest BCUT2D eigenvalue weighted by molar-refractivity contribution is 5.36. The molecule has 4 rings (SSSR count). The molecule has 0 unspecified atom stereocenters. The molecule has 126 valence electrons. The minimum Gasteiger partial charge on any atom is -0.338 e. The van der Waals surface area contributed by atoms with Crippen molar-refractivity contribution in [3.05, 3.63) is 41.9 Å². The van der Waals surface area contributed by atoms with Gasteiger partial charge in [-0.25, -0.2) is 4.98 Å². The number of rotatable bonds is 4. The molecule has 3 aromatic heterocycles. The van der Waals surface area contributed by atoms with Crippen LogP contribution in [0.4, 0.5) is 0 Å². The quantitative estimate of drug-likeness (QED) is 0.729. The number of fused-ring (bicyclic) bond motifs is 1. The Morgan fingerprint density at radius 2 is 2.00 bits per heavy atom. The van der Waals surface area contributed by atoms with Crippen LogP contribution in [0, 0.1) is 6.92 Å². The molecule has 0 bridgehead atoms. The Morgan fingerprint density at radius 3 is 2.75 bits per heavy atom. The van der Waals surface area contributed by atoms with Gasteiger partial charge in [-0.05, 0) is 45.0 Å². The molecule has 7 nitrogen and oxygen atoms in total. The summed E-state index contributed by atoms with van der Waals surface area (Å²) in [4.78, 5) is 6.72. The minimum absolute atomic E-state index is 0.447. The van der Waals surface area contributed by atoms with Crippen molar-refractivity contribution in [2.24, 2.45) is 7.05 Å². The van der Waals surface area contributed by atoms with Crippen LogP contribution < -0.4 is 0 Å². The Morgan fingerprint density at radius 1 is 1.17 bits per heavy atom. The Kier molecular flexibility index (Phi) is 4.02. The van der Waals surface area contributed by atoms with Gasteiger partial charge in [-0.2, -0.15) is 9.61 Å². The summed E-state index contributed by atoms with van der Waals surface area (Å²) < 4.78 is 4.02. The molecule has 0 N–H and O–H groups in total. The van der Waals surface area contributed by atoms with E-state index in [2.05, 4.69) is 36.8 Å². The second-order valence-corrected chi connectivity index (χ2v) is 6.66. The summed E-state index contributed by atoms with van der Waals surface area (Å²) in [5.41, 5.74) is 3.13. The topological polar surface area (TPSA) is 64.1 Å². The second-order valence-electron chi connectivity index (χ2n) is 6.66. The fraction of sp³-hybridized carbons (Fsp3) is 0.529. The summed E-state index contributed by atoms with van der Waals surface area (Å²) in [6.07, 6.45) is 7.11. The summed E-state index contributed by atoms with van der Waals surface area (Å²) in [6.45, 7) is 5.29. The average molecular weight is 325 g/mol. The minimum atomic E-state index is 0.447. The number of nitrogens with zero attached hydrogens (tertiary/aromatic N) is 7. The van der Waals surface area contributed by atoms with E-state index < -0.39 is 0 Å². The molecule has 0 saturated carbocycles. The van der Waals surface area contributed by atoms with E-state index in [1.165, 1.54) is 5.69 Å². The van der Waals surface area contributed by atoms with Gasteiger partial charge in [0, 0.05) is 37.8 Å². The van der Waals surface area contributed by atoms with Gasteiger partial charge in [0.25, 0.3) is 0 Å². The second kappa shape index (κ2) is 6.32. The molecule has 4 heterocycles. The van der Waals surface area contributed by atoms with Crippen molar-refractivity contribution in [2.45, 2.75) is 32.1 Å². The third-order valence-corrected chi connectivity index (χ3v) is 4.97. The van der Waals surface area contributed by atoms with E-state index in [1.807, 2.05) is 36.1 Å². The van der Waals surface area contributed by atoms with Crippen molar-refractivity contribution in [3.8, 4) is 0 Å². The van der Waals surface area contributed by atoms with Crippen LogP contribution in [0.3, 0.4) is 0 Å². The molecule has 0 atom stereocenters. The molecule has 0 amide bonds. The zero-order valence-corrected chi connectivity index (χ0v) is 14.3. The highest BCUT2D eigenvalue weighted by Crippen LogP contribution is 2.26. The molecular formula is C17H23N7. The average Bonchev–Trinajstić information content (AvgIpc) is 3.19. The zero-order chi connectivity index (χ0) is 16.5. The normalized spacial score (nSPS) is 16.9. The van der Waals surface area contributed by atoms with Crippen LogP contribution in [0.5, 0.6) is 0 Å². The van der Waals surface area contributed by atoms with E-state index >= 15 is 0 Å².